The number of unbranched alkanes of at least 4 members (excludes halogenated alkanes) is 1. The third-order valence-corrected chi connectivity index (χ3v) is 4.67. The second-order valence-corrected chi connectivity index (χ2v) is 8.04. The smallest absolute Gasteiger partial charge is 0.322 e. The number of carboxylic acid groups (broad SMARTS) is 1. The molecule has 1 heterocycles. The van der Waals surface area contributed by atoms with Gasteiger partial charge in [0.15, 0.2) is 0 Å². The van der Waals surface area contributed by atoms with Gasteiger partial charge in [-0.15, -0.1) is 0 Å². The number of carbonyl (C=O) groups is 4. The quantitative estimate of drug-likeness (QED) is 0.157. The van der Waals surface area contributed by atoms with E-state index in [9.17, 15) is 19.2 Å². The Morgan fingerprint density at radius 2 is 1.78 bits per heavy atom. The Hall–Kier alpha value is -2.99. The number of nitrogens with two attached hydrogens (primary N) is 2. The molecule has 0 saturated heterocycles. The highest BCUT2D eigenvalue weighted by molar-refractivity contribution is 5.93. The van der Waals surface area contributed by atoms with Crippen molar-refractivity contribution in [2.45, 2.75) is 64.1 Å². The Morgan fingerprint density at radius 3 is 2.34 bits per heavy atom. The first-order valence-corrected chi connectivity index (χ1v) is 10.7. The molecule has 32 heavy (non-hydrogen) atoms. The summed E-state index contributed by atoms with van der Waals surface area (Å²) in [5.41, 5.74) is 12.0. The highest BCUT2D eigenvalue weighted by atomic mass is 16.4. The summed E-state index contributed by atoms with van der Waals surface area (Å²) < 4.78 is 0. The van der Waals surface area contributed by atoms with Gasteiger partial charge in [-0.2, -0.15) is 0 Å². The molecule has 3 atom stereocenters. The molecule has 12 nitrogen and oxygen atoms in total. The van der Waals surface area contributed by atoms with Crippen LogP contribution in [0, 0.1) is 5.92 Å². The Kier molecular flexibility index (Phi) is 12.0. The Labute approximate surface area is 187 Å². The Balaban J connectivity index is 2.87. The number of aromatic amines is 1. The van der Waals surface area contributed by atoms with Gasteiger partial charge in [-0.3, -0.25) is 19.2 Å². The molecule has 9 N–H and O–H groups in total. The molecular weight excluding hydrogens is 418 g/mol. The molecule has 0 aliphatic rings. The topological polar surface area (TPSA) is 205 Å². The summed E-state index contributed by atoms with van der Waals surface area (Å²) >= 11 is 0. The van der Waals surface area contributed by atoms with Gasteiger partial charge in [0, 0.05) is 18.3 Å². The van der Waals surface area contributed by atoms with Crippen molar-refractivity contribution in [1.82, 2.24) is 25.9 Å². The van der Waals surface area contributed by atoms with E-state index in [0.717, 1.165) is 6.42 Å². The first-order valence-electron chi connectivity index (χ1n) is 10.7. The summed E-state index contributed by atoms with van der Waals surface area (Å²) in [5.74, 6) is -2.81. The van der Waals surface area contributed by atoms with Gasteiger partial charge < -0.3 is 37.5 Å². The average Bonchev–Trinajstić information content (AvgIpc) is 3.23. The summed E-state index contributed by atoms with van der Waals surface area (Å²) in [5, 5.41) is 16.4. The van der Waals surface area contributed by atoms with Gasteiger partial charge in [0.05, 0.1) is 12.4 Å². The molecule has 180 valence electrons. The first kappa shape index (κ1) is 27.0. The van der Waals surface area contributed by atoms with E-state index in [0.29, 0.717) is 31.5 Å². The van der Waals surface area contributed by atoms with E-state index in [2.05, 4.69) is 25.9 Å². The van der Waals surface area contributed by atoms with E-state index < -0.39 is 48.4 Å². The van der Waals surface area contributed by atoms with Gasteiger partial charge in [0.2, 0.25) is 17.7 Å². The number of hydrogen-bond donors (Lipinski definition) is 7. The molecule has 1 aromatic rings. The maximum absolute atomic E-state index is 13.0. The van der Waals surface area contributed by atoms with Crippen molar-refractivity contribution < 1.29 is 24.3 Å². The Bertz CT molecular complexity index is 739. The fourth-order valence-corrected chi connectivity index (χ4v) is 3.01. The molecule has 3 unspecified atom stereocenters. The fraction of sp³-hybridized carbons (Fsp3) is 0.650. The number of imidazole rings is 1. The lowest BCUT2D eigenvalue weighted by molar-refractivity contribution is -0.138. The van der Waals surface area contributed by atoms with E-state index in [1.165, 1.54) is 12.5 Å². The van der Waals surface area contributed by atoms with Crippen LogP contribution in [0.15, 0.2) is 12.5 Å². The summed E-state index contributed by atoms with van der Waals surface area (Å²) in [4.78, 5) is 55.5. The van der Waals surface area contributed by atoms with Crippen molar-refractivity contribution in [1.29, 1.82) is 0 Å². The number of nitrogens with zero attached hydrogens (tertiary/aromatic N) is 1. The molecule has 0 fully saturated rings. The number of hydrogen-bond acceptors (Lipinski definition) is 7. The monoisotopic (exact) mass is 453 g/mol. The van der Waals surface area contributed by atoms with Crippen molar-refractivity contribution in [3.63, 3.8) is 0 Å². The van der Waals surface area contributed by atoms with Crippen molar-refractivity contribution in [3.8, 4) is 0 Å². The van der Waals surface area contributed by atoms with Crippen molar-refractivity contribution in [2.24, 2.45) is 17.4 Å². The van der Waals surface area contributed by atoms with Gasteiger partial charge >= 0.3 is 5.97 Å². The highest BCUT2D eigenvalue weighted by Crippen LogP contribution is 2.08. The zero-order valence-electron chi connectivity index (χ0n) is 18.6. The number of carboxylic acids is 1. The lowest BCUT2D eigenvalue weighted by atomic mass is 10.0. The second-order valence-electron chi connectivity index (χ2n) is 8.04. The molecule has 0 aliphatic carbocycles. The van der Waals surface area contributed by atoms with Crippen molar-refractivity contribution in [3.05, 3.63) is 18.2 Å². The molecule has 0 bridgehead atoms. The third kappa shape index (κ3) is 10.4. The van der Waals surface area contributed by atoms with Crippen LogP contribution in [0.5, 0.6) is 0 Å². The molecule has 1 rings (SSSR count). The van der Waals surface area contributed by atoms with Crippen LogP contribution in [0.3, 0.4) is 0 Å². The SMILES string of the molecule is CC(C)CC(NC(=O)C(N)CCCCN)C(=O)NC(Cc1cnc[nH]1)C(=O)NCC(=O)O. The first-order chi connectivity index (χ1) is 15.1. The minimum atomic E-state index is -1.21. The summed E-state index contributed by atoms with van der Waals surface area (Å²) in [6.45, 7) is 3.72. The van der Waals surface area contributed by atoms with E-state index in [-0.39, 0.29) is 12.3 Å². The molecule has 12 heteroatoms. The van der Waals surface area contributed by atoms with Gasteiger partial charge in [-0.05, 0) is 31.7 Å². The van der Waals surface area contributed by atoms with Crippen LogP contribution in [0.25, 0.3) is 0 Å². The molecule has 0 radical (unpaired) electrons. The van der Waals surface area contributed by atoms with Crippen LogP contribution in [-0.2, 0) is 25.6 Å². The van der Waals surface area contributed by atoms with Gasteiger partial charge in [-0.1, -0.05) is 20.3 Å². The van der Waals surface area contributed by atoms with E-state index >= 15 is 0 Å². The summed E-state index contributed by atoms with van der Waals surface area (Å²) in [6, 6.07) is -2.74. The number of aromatic nitrogens is 2. The van der Waals surface area contributed by atoms with Crippen LogP contribution < -0.4 is 27.4 Å². The number of rotatable bonds is 15. The molecule has 1 aromatic heterocycles. The predicted molar refractivity (Wildman–Crippen MR) is 117 cm³/mol. The normalized spacial score (nSPS) is 13.8. The van der Waals surface area contributed by atoms with Gasteiger partial charge in [0.1, 0.15) is 18.6 Å². The zero-order valence-corrected chi connectivity index (χ0v) is 18.6. The van der Waals surface area contributed by atoms with Crippen LogP contribution in [0.1, 0.15) is 45.2 Å². The summed E-state index contributed by atoms with van der Waals surface area (Å²) in [6.07, 6.45) is 5.21. The van der Waals surface area contributed by atoms with Crippen molar-refractivity contribution >= 4 is 23.7 Å². The molecule has 0 spiro atoms. The Morgan fingerprint density at radius 1 is 1.09 bits per heavy atom. The molecule has 0 aliphatic heterocycles. The predicted octanol–water partition coefficient (Wildman–Crippen LogP) is -1.37. The zero-order chi connectivity index (χ0) is 24.1. The second kappa shape index (κ2) is 14.1. The van der Waals surface area contributed by atoms with Gasteiger partial charge in [0.25, 0.3) is 0 Å². The molecule has 0 saturated carbocycles. The van der Waals surface area contributed by atoms with E-state index in [1.54, 1.807) is 0 Å². The average molecular weight is 454 g/mol. The van der Waals surface area contributed by atoms with E-state index in [4.69, 9.17) is 16.6 Å². The van der Waals surface area contributed by atoms with Crippen LogP contribution in [-0.4, -0.2) is 70.0 Å². The maximum Gasteiger partial charge on any atom is 0.322 e. The number of H-pyrrole nitrogens is 1. The fourth-order valence-electron chi connectivity index (χ4n) is 3.01. The number of nitrogens with one attached hydrogen (secondary N) is 4. The summed E-state index contributed by atoms with van der Waals surface area (Å²) in [7, 11) is 0. The third-order valence-electron chi connectivity index (χ3n) is 4.67. The lowest BCUT2D eigenvalue weighted by Gasteiger charge is -2.25. The largest absolute Gasteiger partial charge is 0.480 e. The lowest BCUT2D eigenvalue weighted by Crippen LogP contribution is -2.56. The maximum atomic E-state index is 13.0. The van der Waals surface area contributed by atoms with Gasteiger partial charge in [-0.25, -0.2) is 4.98 Å². The van der Waals surface area contributed by atoms with Crippen LogP contribution >= 0.6 is 0 Å². The molecule has 3 amide bonds. The minimum absolute atomic E-state index is 0.0676. The molecular formula is C20H35N7O5. The number of carbonyl (C=O) groups excluding carboxylic acids is 3. The molecule has 0 aromatic carbocycles. The number of amides is 3. The number of aliphatic carboxylic acids is 1. The highest BCUT2D eigenvalue weighted by Gasteiger charge is 2.29. The van der Waals surface area contributed by atoms with E-state index in [1.807, 2.05) is 13.8 Å². The van der Waals surface area contributed by atoms with Crippen LogP contribution in [0.2, 0.25) is 0 Å². The minimum Gasteiger partial charge on any atom is -0.480 e. The standard InChI is InChI=1S/C20H35N7O5/c1-12(2)7-15(26-18(30)14(22)5-3-4-6-21)20(32)27-16(8-13-9-23-11-25-13)19(31)24-10-17(28)29/h9,11-12,14-16H,3-8,10,21-22H2,1-2H3,(H,23,25)(H,24,31)(H,26,30)(H,27,32)(H,28,29). The van der Waals surface area contributed by atoms with Crippen molar-refractivity contribution in [2.75, 3.05) is 13.1 Å². The van der Waals surface area contributed by atoms with Crippen LogP contribution in [0.4, 0.5) is 0 Å².